The van der Waals surface area contributed by atoms with Gasteiger partial charge in [0.1, 0.15) is 11.6 Å². The molecule has 2 atom stereocenters. The minimum absolute atomic E-state index is 0.0248. The summed E-state index contributed by atoms with van der Waals surface area (Å²) in [5.41, 5.74) is 5.76. The molecule has 104 valence electrons. The lowest BCUT2D eigenvalue weighted by Gasteiger charge is -2.13. The van der Waals surface area contributed by atoms with Crippen molar-refractivity contribution in [3.05, 3.63) is 29.0 Å². The predicted molar refractivity (Wildman–Crippen MR) is 70.7 cm³/mol. The minimum atomic E-state index is -0.568. The standard InChI is InChI=1S/C13H16ClFN2O2/c14-11-4-3-10(6-12(11)15)19-7-13(18)17-9-2-1-8(16)5-9/h3-4,6,8-9H,1-2,5,7,16H2,(H,17,18)/t8-,9+/m0/s1. The molecule has 1 aromatic carbocycles. The molecular formula is C13H16ClFN2O2. The van der Waals surface area contributed by atoms with Crippen molar-refractivity contribution in [2.75, 3.05) is 6.61 Å². The Labute approximate surface area is 116 Å². The highest BCUT2D eigenvalue weighted by molar-refractivity contribution is 6.30. The second-order valence-corrected chi connectivity index (χ2v) is 5.11. The zero-order valence-electron chi connectivity index (χ0n) is 10.4. The number of amides is 1. The quantitative estimate of drug-likeness (QED) is 0.888. The molecule has 0 saturated heterocycles. The summed E-state index contributed by atoms with van der Waals surface area (Å²) in [6.07, 6.45) is 2.61. The fourth-order valence-electron chi connectivity index (χ4n) is 2.13. The minimum Gasteiger partial charge on any atom is -0.484 e. The SMILES string of the molecule is N[C@H]1CC[C@@H](NC(=O)COc2ccc(Cl)c(F)c2)C1. The van der Waals surface area contributed by atoms with Crippen LogP contribution >= 0.6 is 11.6 Å². The lowest BCUT2D eigenvalue weighted by molar-refractivity contribution is -0.123. The molecule has 1 aromatic rings. The lowest BCUT2D eigenvalue weighted by Crippen LogP contribution is -2.37. The number of nitrogens with one attached hydrogen (secondary N) is 1. The van der Waals surface area contributed by atoms with Gasteiger partial charge >= 0.3 is 0 Å². The summed E-state index contributed by atoms with van der Waals surface area (Å²) in [6.45, 7) is -0.146. The van der Waals surface area contributed by atoms with E-state index in [1.54, 1.807) is 0 Å². The molecule has 0 heterocycles. The number of nitrogens with two attached hydrogens (primary N) is 1. The first-order valence-corrected chi connectivity index (χ1v) is 6.55. The third kappa shape index (κ3) is 4.08. The molecule has 4 nitrogen and oxygen atoms in total. The Hall–Kier alpha value is -1.33. The topological polar surface area (TPSA) is 64.3 Å². The van der Waals surface area contributed by atoms with Gasteiger partial charge < -0.3 is 15.8 Å². The molecule has 6 heteroatoms. The molecule has 2 rings (SSSR count). The van der Waals surface area contributed by atoms with E-state index in [0.29, 0.717) is 0 Å². The van der Waals surface area contributed by atoms with Gasteiger partial charge in [0.15, 0.2) is 6.61 Å². The normalized spacial score (nSPS) is 22.3. The molecule has 0 aliphatic heterocycles. The van der Waals surface area contributed by atoms with Gasteiger partial charge in [-0.05, 0) is 31.4 Å². The van der Waals surface area contributed by atoms with E-state index in [1.807, 2.05) is 0 Å². The van der Waals surface area contributed by atoms with Crippen LogP contribution < -0.4 is 15.8 Å². The van der Waals surface area contributed by atoms with E-state index in [4.69, 9.17) is 22.1 Å². The van der Waals surface area contributed by atoms with Gasteiger partial charge in [-0.2, -0.15) is 0 Å². The summed E-state index contributed by atoms with van der Waals surface area (Å²) in [5, 5.41) is 2.87. The van der Waals surface area contributed by atoms with E-state index in [1.165, 1.54) is 12.1 Å². The number of halogens is 2. The number of benzene rings is 1. The van der Waals surface area contributed by atoms with Gasteiger partial charge in [0.2, 0.25) is 0 Å². The molecule has 0 radical (unpaired) electrons. The molecule has 3 N–H and O–H groups in total. The van der Waals surface area contributed by atoms with E-state index in [2.05, 4.69) is 5.32 Å². The highest BCUT2D eigenvalue weighted by atomic mass is 35.5. The predicted octanol–water partition coefficient (Wildman–Crippen LogP) is 1.85. The van der Waals surface area contributed by atoms with Gasteiger partial charge in [0, 0.05) is 18.2 Å². The molecule has 1 saturated carbocycles. The summed E-state index contributed by atoms with van der Waals surface area (Å²) in [5.74, 6) is -0.518. The van der Waals surface area contributed by atoms with Crippen LogP contribution in [0.3, 0.4) is 0 Å². The summed E-state index contributed by atoms with van der Waals surface area (Å²) in [6, 6.07) is 4.34. The first-order chi connectivity index (χ1) is 9.04. The van der Waals surface area contributed by atoms with Crippen molar-refractivity contribution in [1.82, 2.24) is 5.32 Å². The maximum absolute atomic E-state index is 13.1. The van der Waals surface area contributed by atoms with Gasteiger partial charge in [0.05, 0.1) is 5.02 Å². The molecule has 1 fully saturated rings. The van der Waals surface area contributed by atoms with E-state index in [0.717, 1.165) is 25.3 Å². The molecule has 0 spiro atoms. The third-order valence-corrected chi connectivity index (χ3v) is 3.41. The van der Waals surface area contributed by atoms with Crippen molar-refractivity contribution in [2.24, 2.45) is 5.73 Å². The Kier molecular flexibility index (Phi) is 4.61. The van der Waals surface area contributed by atoms with Crippen LogP contribution in [-0.2, 0) is 4.79 Å². The first-order valence-electron chi connectivity index (χ1n) is 6.17. The fraction of sp³-hybridized carbons (Fsp3) is 0.462. The number of carbonyl (C=O) groups is 1. The van der Waals surface area contributed by atoms with Crippen molar-refractivity contribution < 1.29 is 13.9 Å². The van der Waals surface area contributed by atoms with Gasteiger partial charge in [-0.1, -0.05) is 11.6 Å². The maximum atomic E-state index is 13.1. The monoisotopic (exact) mass is 286 g/mol. The lowest BCUT2D eigenvalue weighted by atomic mass is 10.2. The molecule has 0 unspecified atom stereocenters. The molecule has 1 aliphatic carbocycles. The molecular weight excluding hydrogens is 271 g/mol. The van der Waals surface area contributed by atoms with Gasteiger partial charge in [-0.25, -0.2) is 4.39 Å². The summed E-state index contributed by atoms with van der Waals surface area (Å²) >= 11 is 5.55. The number of hydrogen-bond acceptors (Lipinski definition) is 3. The van der Waals surface area contributed by atoms with Crippen molar-refractivity contribution in [3.63, 3.8) is 0 Å². The van der Waals surface area contributed by atoms with Crippen LogP contribution in [0.2, 0.25) is 5.02 Å². The van der Waals surface area contributed by atoms with E-state index < -0.39 is 5.82 Å². The zero-order valence-corrected chi connectivity index (χ0v) is 11.1. The van der Waals surface area contributed by atoms with Crippen molar-refractivity contribution in [1.29, 1.82) is 0 Å². The van der Waals surface area contributed by atoms with Crippen molar-refractivity contribution in [2.45, 2.75) is 31.3 Å². The number of ether oxygens (including phenoxy) is 1. The van der Waals surface area contributed by atoms with Crippen LogP contribution in [0.5, 0.6) is 5.75 Å². The largest absolute Gasteiger partial charge is 0.484 e. The Bertz CT molecular complexity index is 470. The highest BCUT2D eigenvalue weighted by Gasteiger charge is 2.23. The summed E-state index contributed by atoms with van der Waals surface area (Å²) in [4.78, 5) is 11.6. The van der Waals surface area contributed by atoms with Crippen LogP contribution in [0.1, 0.15) is 19.3 Å². The van der Waals surface area contributed by atoms with Crippen LogP contribution in [0, 0.1) is 5.82 Å². The Morgan fingerprint density at radius 2 is 2.32 bits per heavy atom. The molecule has 1 amide bonds. The van der Waals surface area contributed by atoms with Gasteiger partial charge in [-0.3, -0.25) is 4.79 Å². The first kappa shape index (κ1) is 14.1. The third-order valence-electron chi connectivity index (χ3n) is 3.10. The van der Waals surface area contributed by atoms with Crippen molar-refractivity contribution in [3.8, 4) is 5.75 Å². The smallest absolute Gasteiger partial charge is 0.258 e. The summed E-state index contributed by atoms with van der Waals surface area (Å²) < 4.78 is 18.3. The van der Waals surface area contributed by atoms with E-state index in [9.17, 15) is 9.18 Å². The second-order valence-electron chi connectivity index (χ2n) is 4.70. The Balaban J connectivity index is 1.78. The highest BCUT2D eigenvalue weighted by Crippen LogP contribution is 2.20. The van der Waals surface area contributed by atoms with Crippen molar-refractivity contribution >= 4 is 17.5 Å². The van der Waals surface area contributed by atoms with E-state index >= 15 is 0 Å². The van der Waals surface area contributed by atoms with Crippen LogP contribution in [-0.4, -0.2) is 24.6 Å². The van der Waals surface area contributed by atoms with E-state index in [-0.39, 0.29) is 35.4 Å². The molecule has 0 aromatic heterocycles. The fourth-order valence-corrected chi connectivity index (χ4v) is 2.25. The van der Waals surface area contributed by atoms with Crippen LogP contribution in [0.4, 0.5) is 4.39 Å². The number of rotatable bonds is 4. The second kappa shape index (κ2) is 6.21. The van der Waals surface area contributed by atoms with Crippen LogP contribution in [0.15, 0.2) is 18.2 Å². The summed E-state index contributed by atoms with van der Waals surface area (Å²) in [7, 11) is 0. The van der Waals surface area contributed by atoms with Gasteiger partial charge in [-0.15, -0.1) is 0 Å². The van der Waals surface area contributed by atoms with Crippen LogP contribution in [0.25, 0.3) is 0 Å². The number of hydrogen-bond donors (Lipinski definition) is 2. The zero-order chi connectivity index (χ0) is 13.8. The molecule has 19 heavy (non-hydrogen) atoms. The molecule has 1 aliphatic rings. The Morgan fingerprint density at radius 1 is 1.53 bits per heavy atom. The van der Waals surface area contributed by atoms with Gasteiger partial charge in [0.25, 0.3) is 5.91 Å². The number of carbonyl (C=O) groups excluding carboxylic acids is 1. The molecule has 0 bridgehead atoms. The average molecular weight is 287 g/mol. The maximum Gasteiger partial charge on any atom is 0.258 e. The Morgan fingerprint density at radius 3 is 2.95 bits per heavy atom. The average Bonchev–Trinajstić information content (AvgIpc) is 2.76.